The molecule has 0 radical (unpaired) electrons. The molecule has 0 aromatic carbocycles. The first-order valence-corrected chi connectivity index (χ1v) is 6.59. The minimum Gasteiger partial charge on any atom is -0.448 e. The van der Waals surface area contributed by atoms with E-state index in [4.69, 9.17) is 11.6 Å². The number of nitrogens with zero attached hydrogens (tertiary/aromatic N) is 1. The van der Waals surface area contributed by atoms with Gasteiger partial charge in [0.2, 0.25) is 0 Å². The van der Waals surface area contributed by atoms with Crippen molar-refractivity contribution < 1.29 is 14.3 Å². The number of Topliss-reactive ketones (excluding diaryl/α,β-unsaturated/α-hetero) is 1. The van der Waals surface area contributed by atoms with Crippen LogP contribution in [0.4, 0.5) is 0 Å². The molecule has 5 heteroatoms. The zero-order chi connectivity index (χ0) is 14.0. The van der Waals surface area contributed by atoms with E-state index < -0.39 is 5.56 Å². The number of hydrogen-bond acceptors (Lipinski definition) is 4. The minimum absolute atomic E-state index is 0.0335. The predicted octanol–water partition coefficient (Wildman–Crippen LogP) is 2.52. The van der Waals surface area contributed by atoms with E-state index in [-0.39, 0.29) is 11.2 Å². The molecule has 0 spiro atoms. The molecule has 19 heavy (non-hydrogen) atoms. The fourth-order valence-electron chi connectivity index (χ4n) is 2.37. The summed E-state index contributed by atoms with van der Waals surface area (Å²) in [5.41, 5.74) is 1.55. The van der Waals surface area contributed by atoms with Crippen molar-refractivity contribution >= 4 is 23.9 Å². The lowest BCUT2D eigenvalue weighted by molar-refractivity contribution is -0.130. The Kier molecular flexibility index (Phi) is 3.90. The van der Waals surface area contributed by atoms with Crippen molar-refractivity contribution in [3.63, 3.8) is 0 Å². The third kappa shape index (κ3) is 3.32. The van der Waals surface area contributed by atoms with Gasteiger partial charge in [-0.2, -0.15) is 0 Å². The number of carbonyl (C=O) groups is 2. The van der Waals surface area contributed by atoms with Gasteiger partial charge >= 0.3 is 0 Å². The zero-order valence-electron chi connectivity index (χ0n) is 11.0. The molecule has 102 valence electrons. The smallest absolute Gasteiger partial charge is 0.294 e. The Morgan fingerprint density at radius 3 is 2.95 bits per heavy atom. The van der Waals surface area contributed by atoms with Gasteiger partial charge in [-0.15, -0.1) is 0 Å². The molecule has 0 bridgehead atoms. The van der Waals surface area contributed by atoms with Gasteiger partial charge in [0.05, 0.1) is 5.69 Å². The van der Waals surface area contributed by atoms with Crippen LogP contribution in [-0.2, 0) is 22.4 Å². The van der Waals surface area contributed by atoms with Crippen LogP contribution in [0.25, 0.3) is 0 Å². The summed E-state index contributed by atoms with van der Waals surface area (Å²) in [6, 6.07) is 1.81. The topological polar surface area (TPSA) is 56.3 Å². The lowest BCUT2D eigenvalue weighted by atomic mass is 9.75. The van der Waals surface area contributed by atoms with Gasteiger partial charge < -0.3 is 4.74 Å². The summed E-state index contributed by atoms with van der Waals surface area (Å²) >= 11 is 5.81. The molecule has 2 rings (SSSR count). The van der Waals surface area contributed by atoms with E-state index in [1.54, 1.807) is 6.20 Å². The number of ketones is 1. The fraction of sp³-hybridized carbons (Fsp3) is 0.500. The van der Waals surface area contributed by atoms with Crippen LogP contribution in [0.5, 0.6) is 0 Å². The molecular formula is C14H16ClNO3. The Morgan fingerprint density at radius 1 is 1.53 bits per heavy atom. The SMILES string of the molecule is CC1(C)CC(=O)c2cc(CC(Cl)OC=O)cnc2C1. The normalized spacial score (nSPS) is 18.6. The number of alkyl halides is 1. The molecule has 0 aliphatic heterocycles. The highest BCUT2D eigenvalue weighted by atomic mass is 35.5. The molecule has 1 aliphatic carbocycles. The summed E-state index contributed by atoms with van der Waals surface area (Å²) in [6.07, 6.45) is 3.36. The van der Waals surface area contributed by atoms with Crippen LogP contribution in [0.3, 0.4) is 0 Å². The Balaban J connectivity index is 2.22. The lowest BCUT2D eigenvalue weighted by Gasteiger charge is -2.29. The largest absolute Gasteiger partial charge is 0.448 e. The molecular weight excluding hydrogens is 266 g/mol. The second-order valence-electron chi connectivity index (χ2n) is 5.63. The summed E-state index contributed by atoms with van der Waals surface area (Å²) in [7, 11) is 0. The van der Waals surface area contributed by atoms with E-state index in [1.165, 1.54) is 0 Å². The molecule has 0 N–H and O–H groups in total. The number of hydrogen-bond donors (Lipinski definition) is 0. The van der Waals surface area contributed by atoms with Gasteiger partial charge in [0.1, 0.15) is 0 Å². The Morgan fingerprint density at radius 2 is 2.26 bits per heavy atom. The van der Waals surface area contributed by atoms with Crippen LogP contribution in [0.15, 0.2) is 12.3 Å². The predicted molar refractivity (Wildman–Crippen MR) is 71.2 cm³/mol. The van der Waals surface area contributed by atoms with Gasteiger partial charge in [0, 0.05) is 24.6 Å². The summed E-state index contributed by atoms with van der Waals surface area (Å²) < 4.78 is 4.62. The van der Waals surface area contributed by atoms with Crippen LogP contribution < -0.4 is 0 Å². The van der Waals surface area contributed by atoms with E-state index in [9.17, 15) is 9.59 Å². The van der Waals surface area contributed by atoms with Crippen LogP contribution >= 0.6 is 11.6 Å². The highest BCUT2D eigenvalue weighted by molar-refractivity contribution is 6.20. The van der Waals surface area contributed by atoms with Crippen molar-refractivity contribution in [2.24, 2.45) is 5.41 Å². The molecule has 1 aromatic heterocycles. The number of halogens is 1. The second kappa shape index (κ2) is 5.29. The van der Waals surface area contributed by atoms with E-state index in [0.717, 1.165) is 17.7 Å². The van der Waals surface area contributed by atoms with Crippen LogP contribution in [-0.4, -0.2) is 22.8 Å². The monoisotopic (exact) mass is 281 g/mol. The first-order chi connectivity index (χ1) is 8.91. The highest BCUT2D eigenvalue weighted by Gasteiger charge is 2.31. The molecule has 4 nitrogen and oxygen atoms in total. The first-order valence-electron chi connectivity index (χ1n) is 6.15. The number of carbonyl (C=O) groups excluding carboxylic acids is 2. The lowest BCUT2D eigenvalue weighted by Crippen LogP contribution is -2.28. The van der Waals surface area contributed by atoms with Crippen molar-refractivity contribution in [2.45, 2.75) is 38.7 Å². The quantitative estimate of drug-likeness (QED) is 0.628. The van der Waals surface area contributed by atoms with E-state index in [0.29, 0.717) is 24.9 Å². The van der Waals surface area contributed by atoms with Crippen LogP contribution in [0.2, 0.25) is 0 Å². The van der Waals surface area contributed by atoms with Crippen LogP contribution in [0.1, 0.15) is 41.9 Å². The van der Waals surface area contributed by atoms with Crippen molar-refractivity contribution in [1.82, 2.24) is 4.98 Å². The van der Waals surface area contributed by atoms with Crippen LogP contribution in [0, 0.1) is 5.41 Å². The fourth-order valence-corrected chi connectivity index (χ4v) is 2.59. The molecule has 1 unspecified atom stereocenters. The zero-order valence-corrected chi connectivity index (χ0v) is 11.7. The number of fused-ring (bicyclic) bond motifs is 1. The van der Waals surface area contributed by atoms with Gasteiger partial charge in [0.25, 0.3) is 6.47 Å². The number of ether oxygens (including phenoxy) is 1. The first kappa shape index (κ1) is 14.0. The van der Waals surface area contributed by atoms with Crippen molar-refractivity contribution in [3.8, 4) is 0 Å². The van der Waals surface area contributed by atoms with Crippen molar-refractivity contribution in [2.75, 3.05) is 0 Å². The maximum absolute atomic E-state index is 12.1. The number of aromatic nitrogens is 1. The molecule has 1 heterocycles. The molecule has 0 amide bonds. The third-order valence-corrected chi connectivity index (χ3v) is 3.47. The average molecular weight is 282 g/mol. The van der Waals surface area contributed by atoms with Gasteiger partial charge in [-0.25, -0.2) is 0 Å². The second-order valence-corrected chi connectivity index (χ2v) is 6.11. The maximum Gasteiger partial charge on any atom is 0.294 e. The highest BCUT2D eigenvalue weighted by Crippen LogP contribution is 2.34. The van der Waals surface area contributed by atoms with E-state index in [2.05, 4.69) is 23.6 Å². The molecule has 0 fully saturated rings. The number of pyridine rings is 1. The third-order valence-electron chi connectivity index (χ3n) is 3.21. The summed E-state index contributed by atoms with van der Waals surface area (Å²) in [5, 5.41) is 0. The minimum atomic E-state index is -0.729. The molecule has 1 aliphatic rings. The summed E-state index contributed by atoms with van der Waals surface area (Å²) in [4.78, 5) is 26.6. The number of rotatable bonds is 4. The standard InChI is InChI=1S/C14H16ClNO3/c1-14(2)5-11-10(12(18)6-14)3-9(7-16-11)4-13(15)19-8-17/h3,7-8,13H,4-6H2,1-2H3. The Bertz CT molecular complexity index is 513. The Hall–Kier alpha value is -1.42. The molecule has 0 saturated carbocycles. The van der Waals surface area contributed by atoms with Gasteiger partial charge in [-0.05, 0) is 23.5 Å². The van der Waals surface area contributed by atoms with E-state index >= 15 is 0 Å². The van der Waals surface area contributed by atoms with Gasteiger partial charge in [0.15, 0.2) is 11.3 Å². The van der Waals surface area contributed by atoms with Crippen molar-refractivity contribution in [1.29, 1.82) is 0 Å². The Labute approximate surface area is 117 Å². The summed E-state index contributed by atoms with van der Waals surface area (Å²) in [5.74, 6) is 0.114. The summed E-state index contributed by atoms with van der Waals surface area (Å²) in [6.45, 7) is 4.45. The molecule has 0 saturated heterocycles. The van der Waals surface area contributed by atoms with Gasteiger partial charge in [-0.3, -0.25) is 14.6 Å². The maximum atomic E-state index is 12.1. The average Bonchev–Trinajstić information content (AvgIpc) is 2.29. The molecule has 1 aromatic rings. The molecule has 1 atom stereocenters. The van der Waals surface area contributed by atoms with Gasteiger partial charge in [-0.1, -0.05) is 25.4 Å². The van der Waals surface area contributed by atoms with Crippen molar-refractivity contribution in [3.05, 3.63) is 29.1 Å². The van der Waals surface area contributed by atoms with E-state index in [1.807, 2.05) is 6.07 Å².